The summed E-state index contributed by atoms with van der Waals surface area (Å²) in [5.74, 6) is 0.507. The highest BCUT2D eigenvalue weighted by Gasteiger charge is 2.18. The second-order valence-corrected chi connectivity index (χ2v) is 11.0. The van der Waals surface area contributed by atoms with Gasteiger partial charge in [-0.15, -0.1) is 0 Å². The molecule has 0 spiro atoms. The molecule has 7 aromatic rings. The van der Waals surface area contributed by atoms with Gasteiger partial charge >= 0.3 is 5.97 Å². The monoisotopic (exact) mass is 586 g/mol. The topological polar surface area (TPSA) is 55.8 Å². The first-order valence-corrected chi connectivity index (χ1v) is 14.9. The number of fused-ring (bicyclic) bond motifs is 2. The molecule has 0 amide bonds. The van der Waals surface area contributed by atoms with Crippen molar-refractivity contribution in [3.05, 3.63) is 168 Å². The van der Waals surface area contributed by atoms with E-state index in [-0.39, 0.29) is 5.56 Å². The van der Waals surface area contributed by atoms with E-state index in [9.17, 15) is 9.90 Å². The van der Waals surface area contributed by atoms with Crippen molar-refractivity contribution in [3.63, 3.8) is 0 Å². The Kier molecular flexibility index (Phi) is 7.69. The molecule has 0 atom stereocenters. The van der Waals surface area contributed by atoms with Gasteiger partial charge in [-0.25, -0.2) is 4.79 Å². The maximum atomic E-state index is 11.6. The Morgan fingerprint density at radius 3 is 1.29 bits per heavy atom. The predicted octanol–water partition coefficient (Wildman–Crippen LogP) is 10.2. The summed E-state index contributed by atoms with van der Waals surface area (Å²) in [6.07, 6.45) is 0. The van der Waals surface area contributed by atoms with Gasteiger partial charge in [0.25, 0.3) is 0 Å². The van der Waals surface area contributed by atoms with Gasteiger partial charge in [0.05, 0.1) is 5.56 Å². The third kappa shape index (κ3) is 5.86. The maximum absolute atomic E-state index is 11.6. The van der Waals surface area contributed by atoms with E-state index in [1.54, 1.807) is 12.1 Å². The van der Waals surface area contributed by atoms with E-state index in [0.29, 0.717) is 13.2 Å². The molecule has 0 aliphatic heterocycles. The number of aromatic carboxylic acids is 1. The molecule has 0 aliphatic rings. The largest absolute Gasteiger partial charge is 0.489 e. The van der Waals surface area contributed by atoms with Crippen LogP contribution >= 0.6 is 0 Å². The van der Waals surface area contributed by atoms with Crippen molar-refractivity contribution in [2.75, 3.05) is 0 Å². The van der Waals surface area contributed by atoms with Gasteiger partial charge in [0, 0.05) is 6.07 Å². The van der Waals surface area contributed by atoms with Crippen molar-refractivity contribution >= 4 is 27.5 Å². The van der Waals surface area contributed by atoms with Crippen molar-refractivity contribution in [1.82, 2.24) is 0 Å². The molecule has 0 saturated carbocycles. The standard InChI is InChI=1S/C41H30O4/c42-41(43)31-21-19-30(20-22-31)39-35-15-7-9-17-37(35)40(38-18-10-8-16-36(38)39)32-23-33(44-26-28-11-3-1-4-12-28)25-34(24-32)45-27-29-13-5-2-6-14-29/h1-25H,26-27H2,(H,42,43). The first-order valence-electron chi connectivity index (χ1n) is 14.9. The lowest BCUT2D eigenvalue weighted by Gasteiger charge is -2.19. The number of carboxylic acid groups (broad SMARTS) is 1. The minimum Gasteiger partial charge on any atom is -0.489 e. The van der Waals surface area contributed by atoms with Gasteiger partial charge < -0.3 is 14.6 Å². The molecule has 4 heteroatoms. The zero-order chi connectivity index (χ0) is 30.6. The van der Waals surface area contributed by atoms with Crippen LogP contribution < -0.4 is 9.47 Å². The highest BCUT2D eigenvalue weighted by Crippen LogP contribution is 2.45. The lowest BCUT2D eigenvalue weighted by Crippen LogP contribution is -1.99. The molecule has 0 bridgehead atoms. The van der Waals surface area contributed by atoms with Crippen LogP contribution in [0.1, 0.15) is 21.5 Å². The lowest BCUT2D eigenvalue weighted by molar-refractivity contribution is 0.0697. The Morgan fingerprint density at radius 2 is 0.867 bits per heavy atom. The number of hydrogen-bond acceptors (Lipinski definition) is 3. The summed E-state index contributed by atoms with van der Waals surface area (Å²) in [5.41, 5.74) is 6.54. The minimum atomic E-state index is -0.939. The maximum Gasteiger partial charge on any atom is 0.335 e. The summed E-state index contributed by atoms with van der Waals surface area (Å²) in [7, 11) is 0. The Bertz CT molecular complexity index is 2000. The van der Waals surface area contributed by atoms with E-state index in [0.717, 1.165) is 66.4 Å². The lowest BCUT2D eigenvalue weighted by atomic mass is 9.86. The van der Waals surface area contributed by atoms with Gasteiger partial charge in [-0.2, -0.15) is 0 Å². The van der Waals surface area contributed by atoms with E-state index in [1.165, 1.54) is 0 Å². The molecule has 0 saturated heterocycles. The van der Waals surface area contributed by atoms with Gasteiger partial charge in [0.15, 0.2) is 0 Å². The molecule has 0 aliphatic carbocycles. The van der Waals surface area contributed by atoms with Crippen LogP contribution in [0.5, 0.6) is 11.5 Å². The molecule has 7 rings (SSSR count). The molecule has 0 unspecified atom stereocenters. The fourth-order valence-corrected chi connectivity index (χ4v) is 5.89. The van der Waals surface area contributed by atoms with Crippen molar-refractivity contribution in [2.45, 2.75) is 13.2 Å². The number of carbonyl (C=O) groups is 1. The fraction of sp³-hybridized carbons (Fsp3) is 0.0488. The van der Waals surface area contributed by atoms with E-state index in [4.69, 9.17) is 9.47 Å². The molecule has 0 fully saturated rings. The van der Waals surface area contributed by atoms with Gasteiger partial charge in [-0.1, -0.05) is 121 Å². The molecule has 218 valence electrons. The molecule has 45 heavy (non-hydrogen) atoms. The number of ether oxygens (including phenoxy) is 2. The molecule has 0 heterocycles. The van der Waals surface area contributed by atoms with Gasteiger partial charge in [0.1, 0.15) is 24.7 Å². The molecule has 1 N–H and O–H groups in total. The van der Waals surface area contributed by atoms with Crippen LogP contribution in [0.25, 0.3) is 43.8 Å². The summed E-state index contributed by atoms with van der Waals surface area (Å²) in [6, 6.07) is 50.3. The highest BCUT2D eigenvalue weighted by molar-refractivity contribution is 6.21. The van der Waals surface area contributed by atoms with Crippen LogP contribution in [-0.4, -0.2) is 11.1 Å². The molecule has 0 radical (unpaired) electrons. The quantitative estimate of drug-likeness (QED) is 0.171. The SMILES string of the molecule is O=C(O)c1ccc(-c2c3ccccc3c(-c3cc(OCc4ccccc4)cc(OCc4ccccc4)c3)c3ccccc23)cc1. The van der Waals surface area contributed by atoms with Crippen LogP contribution in [0, 0.1) is 0 Å². The Labute approximate surface area is 261 Å². The second-order valence-electron chi connectivity index (χ2n) is 11.0. The Balaban J connectivity index is 1.40. The summed E-state index contributed by atoms with van der Waals surface area (Å²) in [6.45, 7) is 0.879. The zero-order valence-corrected chi connectivity index (χ0v) is 24.5. The smallest absolute Gasteiger partial charge is 0.335 e. The number of carboxylic acids is 1. The minimum absolute atomic E-state index is 0.263. The van der Waals surface area contributed by atoms with Crippen molar-refractivity contribution < 1.29 is 19.4 Å². The zero-order valence-electron chi connectivity index (χ0n) is 24.5. The average Bonchev–Trinajstić information content (AvgIpc) is 3.09. The predicted molar refractivity (Wildman–Crippen MR) is 181 cm³/mol. The van der Waals surface area contributed by atoms with E-state index in [1.807, 2.05) is 66.7 Å². The summed E-state index contributed by atoms with van der Waals surface area (Å²) < 4.78 is 12.7. The van der Waals surface area contributed by atoms with Crippen LogP contribution in [0.2, 0.25) is 0 Å². The molecular formula is C41H30O4. The number of benzene rings is 7. The molecule has 4 nitrogen and oxygen atoms in total. The molecular weight excluding hydrogens is 556 g/mol. The Hall–Kier alpha value is -5.87. The van der Waals surface area contributed by atoms with Gasteiger partial charge in [-0.05, 0) is 79.2 Å². The van der Waals surface area contributed by atoms with E-state index in [2.05, 4.69) is 72.8 Å². The third-order valence-corrected chi connectivity index (χ3v) is 8.02. The van der Waals surface area contributed by atoms with Crippen LogP contribution in [0.3, 0.4) is 0 Å². The Morgan fingerprint density at radius 1 is 0.467 bits per heavy atom. The van der Waals surface area contributed by atoms with Crippen LogP contribution in [0.15, 0.2) is 152 Å². The second kappa shape index (κ2) is 12.4. The third-order valence-electron chi connectivity index (χ3n) is 8.02. The molecule has 0 aromatic heterocycles. The highest BCUT2D eigenvalue weighted by atomic mass is 16.5. The van der Waals surface area contributed by atoms with E-state index >= 15 is 0 Å². The van der Waals surface area contributed by atoms with E-state index < -0.39 is 5.97 Å². The fourth-order valence-electron chi connectivity index (χ4n) is 5.89. The first-order chi connectivity index (χ1) is 22.1. The van der Waals surface area contributed by atoms with Crippen molar-refractivity contribution in [1.29, 1.82) is 0 Å². The summed E-state index contributed by atoms with van der Waals surface area (Å²) >= 11 is 0. The van der Waals surface area contributed by atoms with Crippen molar-refractivity contribution in [2.24, 2.45) is 0 Å². The van der Waals surface area contributed by atoms with Crippen LogP contribution in [0.4, 0.5) is 0 Å². The average molecular weight is 587 g/mol. The molecule has 7 aromatic carbocycles. The van der Waals surface area contributed by atoms with Crippen molar-refractivity contribution in [3.8, 4) is 33.8 Å². The number of rotatable bonds is 9. The summed E-state index contributed by atoms with van der Waals surface area (Å²) in [5, 5.41) is 13.8. The van der Waals surface area contributed by atoms with Gasteiger partial charge in [-0.3, -0.25) is 0 Å². The van der Waals surface area contributed by atoms with Crippen LogP contribution in [-0.2, 0) is 13.2 Å². The normalized spacial score (nSPS) is 11.0. The number of hydrogen-bond donors (Lipinski definition) is 1. The summed E-state index contributed by atoms with van der Waals surface area (Å²) in [4.78, 5) is 11.6. The van der Waals surface area contributed by atoms with Gasteiger partial charge in [0.2, 0.25) is 0 Å². The first kappa shape index (κ1) is 27.9.